The van der Waals surface area contributed by atoms with Crippen LogP contribution >= 0.6 is 0 Å². The van der Waals surface area contributed by atoms with Crippen LogP contribution in [-0.4, -0.2) is 9.97 Å². The van der Waals surface area contributed by atoms with E-state index in [0.29, 0.717) is 46.3 Å². The fraction of sp³-hybridized carbons (Fsp3) is 0.231. The van der Waals surface area contributed by atoms with Gasteiger partial charge in [0.1, 0.15) is 0 Å². The molecule has 4 heterocycles. The van der Waals surface area contributed by atoms with E-state index in [2.05, 4.69) is 160 Å². The number of fused-ring (bicyclic) bond motifs is 2. The average Bonchev–Trinajstić information content (AvgIpc) is 3.23. The van der Waals surface area contributed by atoms with Crippen molar-refractivity contribution in [2.45, 2.75) is 79.1 Å². The van der Waals surface area contributed by atoms with Crippen LogP contribution in [0.25, 0.3) is 44.1 Å². The summed E-state index contributed by atoms with van der Waals surface area (Å²) in [5.74, 6) is 3.13. The van der Waals surface area contributed by atoms with Crippen molar-refractivity contribution in [1.82, 2.24) is 19.9 Å². The number of nitrogens with zero attached hydrogens (tertiary/aromatic N) is 6. The summed E-state index contributed by atoms with van der Waals surface area (Å²) in [6.07, 6.45) is 3.69. The molecule has 0 atom stereocenters. The van der Waals surface area contributed by atoms with Crippen LogP contribution in [0.15, 0.2) is 156 Å². The Labute approximate surface area is 361 Å². The molecular formula is C52H52N6Zn. The quantitative estimate of drug-likeness (QED) is 0.143. The second-order valence-electron chi connectivity index (χ2n) is 16.0. The molecule has 7 heteroatoms. The van der Waals surface area contributed by atoms with Gasteiger partial charge in [-0.1, -0.05) is 188 Å². The number of hydrogen-bond acceptors (Lipinski definition) is 4. The normalized spacial score (nSPS) is 12.1. The summed E-state index contributed by atoms with van der Waals surface area (Å²) in [4.78, 5) is 27.7. The number of rotatable bonds is 8. The predicted octanol–water partition coefficient (Wildman–Crippen LogP) is 12.7. The van der Waals surface area contributed by atoms with Gasteiger partial charge in [0.25, 0.3) is 0 Å². The third-order valence-electron chi connectivity index (χ3n) is 10.4. The molecule has 0 saturated carbocycles. The molecule has 0 amide bonds. The zero-order chi connectivity index (χ0) is 40.8. The molecule has 292 valence electrons. The van der Waals surface area contributed by atoms with Crippen LogP contribution in [0.1, 0.15) is 101 Å². The second-order valence-corrected chi connectivity index (χ2v) is 16.0. The van der Waals surface area contributed by atoms with Gasteiger partial charge in [0.15, 0.2) is 0 Å². The summed E-state index contributed by atoms with van der Waals surface area (Å²) < 4.78 is 0. The summed E-state index contributed by atoms with van der Waals surface area (Å²) in [6, 6.07) is 45.7. The van der Waals surface area contributed by atoms with Crippen molar-refractivity contribution in [2.75, 3.05) is 0 Å². The molecule has 4 aromatic heterocycles. The van der Waals surface area contributed by atoms with Crippen LogP contribution in [0.2, 0.25) is 0 Å². The Balaban J connectivity index is 0.000000195. The zero-order valence-corrected chi connectivity index (χ0v) is 38.5. The van der Waals surface area contributed by atoms with E-state index < -0.39 is 0 Å². The first-order valence-electron chi connectivity index (χ1n) is 20.4. The summed E-state index contributed by atoms with van der Waals surface area (Å²) in [5.41, 5.74) is 13.6. The first-order chi connectivity index (χ1) is 28.0. The minimum absolute atomic E-state index is 0. The van der Waals surface area contributed by atoms with E-state index in [9.17, 15) is 0 Å². The van der Waals surface area contributed by atoms with Gasteiger partial charge in [0, 0.05) is 10.8 Å². The molecule has 0 aliphatic heterocycles. The van der Waals surface area contributed by atoms with Crippen LogP contribution in [0.3, 0.4) is 0 Å². The SMILES string of the molecule is CC(C)c1cccc(C(C)C)c1-c1cc[n-]c(=Nc2ccc3ccccc3n2)c1.CC(C)c1cccc(C(C)C)c1-c1cc[n-]c(=Nc2ccc3ccccc3n2)c1.[Zn+2]. The number of hydrogen-bond donors (Lipinski definition) is 0. The van der Waals surface area contributed by atoms with Gasteiger partial charge in [-0.2, -0.15) is 0 Å². The number of para-hydroxylation sites is 2. The smallest absolute Gasteiger partial charge is 0.443 e. The molecule has 4 aromatic carbocycles. The zero-order valence-electron chi connectivity index (χ0n) is 35.6. The Morgan fingerprint density at radius 2 is 0.763 bits per heavy atom. The van der Waals surface area contributed by atoms with Crippen molar-refractivity contribution in [2.24, 2.45) is 9.98 Å². The van der Waals surface area contributed by atoms with E-state index in [1.165, 1.54) is 33.4 Å². The van der Waals surface area contributed by atoms with E-state index >= 15 is 0 Å². The third kappa shape index (κ3) is 10.1. The van der Waals surface area contributed by atoms with E-state index in [4.69, 9.17) is 9.98 Å². The summed E-state index contributed by atoms with van der Waals surface area (Å²) >= 11 is 0. The Morgan fingerprint density at radius 3 is 1.12 bits per heavy atom. The van der Waals surface area contributed by atoms with Gasteiger partial charge in [-0.3, -0.25) is 9.97 Å². The van der Waals surface area contributed by atoms with Crippen molar-refractivity contribution in [3.63, 3.8) is 0 Å². The van der Waals surface area contributed by atoms with E-state index in [-0.39, 0.29) is 19.5 Å². The van der Waals surface area contributed by atoms with E-state index in [1.54, 1.807) is 0 Å². The van der Waals surface area contributed by atoms with Crippen molar-refractivity contribution in [3.05, 3.63) is 179 Å². The van der Waals surface area contributed by atoms with Gasteiger partial charge in [-0.05, 0) is 92.4 Å². The minimum Gasteiger partial charge on any atom is -0.443 e. The van der Waals surface area contributed by atoms with Crippen molar-refractivity contribution in [1.29, 1.82) is 0 Å². The molecule has 0 bridgehead atoms. The van der Waals surface area contributed by atoms with Crippen LogP contribution in [-0.2, 0) is 19.5 Å². The van der Waals surface area contributed by atoms with Crippen LogP contribution < -0.4 is 20.9 Å². The largest absolute Gasteiger partial charge is 2.00 e. The molecule has 0 N–H and O–H groups in total. The summed E-state index contributed by atoms with van der Waals surface area (Å²) in [6.45, 7) is 18.0. The molecule has 59 heavy (non-hydrogen) atoms. The molecule has 8 aromatic rings. The maximum Gasteiger partial charge on any atom is 2.00 e. The Hall–Kier alpha value is -5.78. The molecule has 6 nitrogen and oxygen atoms in total. The monoisotopic (exact) mass is 824 g/mol. The summed E-state index contributed by atoms with van der Waals surface area (Å²) in [7, 11) is 0. The van der Waals surface area contributed by atoms with Crippen molar-refractivity contribution >= 4 is 33.4 Å². The van der Waals surface area contributed by atoms with Gasteiger partial charge >= 0.3 is 19.5 Å². The maximum atomic E-state index is 4.70. The second kappa shape index (κ2) is 19.3. The maximum absolute atomic E-state index is 4.70. The van der Waals surface area contributed by atoms with E-state index in [0.717, 1.165) is 32.9 Å². The van der Waals surface area contributed by atoms with Gasteiger partial charge in [-0.25, -0.2) is 0 Å². The average molecular weight is 826 g/mol. The molecule has 0 unspecified atom stereocenters. The van der Waals surface area contributed by atoms with Crippen molar-refractivity contribution < 1.29 is 19.5 Å². The fourth-order valence-electron chi connectivity index (χ4n) is 7.51. The molecular weight excluding hydrogens is 774 g/mol. The summed E-state index contributed by atoms with van der Waals surface area (Å²) in [5, 5.41) is 2.22. The first-order valence-corrected chi connectivity index (χ1v) is 20.4. The predicted molar refractivity (Wildman–Crippen MR) is 241 cm³/mol. The van der Waals surface area contributed by atoms with Gasteiger partial charge < -0.3 is 20.0 Å². The number of aromatic nitrogens is 4. The van der Waals surface area contributed by atoms with Gasteiger partial charge in [0.2, 0.25) is 0 Å². The topological polar surface area (TPSA) is 78.7 Å². The van der Waals surface area contributed by atoms with Crippen molar-refractivity contribution in [3.8, 4) is 22.3 Å². The molecule has 0 fully saturated rings. The van der Waals surface area contributed by atoms with Crippen LogP contribution in [0.5, 0.6) is 0 Å². The van der Waals surface area contributed by atoms with Crippen LogP contribution in [0, 0.1) is 0 Å². The molecule has 0 radical (unpaired) electrons. The molecule has 0 aliphatic rings. The van der Waals surface area contributed by atoms with Crippen LogP contribution in [0.4, 0.5) is 11.6 Å². The fourth-order valence-corrected chi connectivity index (χ4v) is 7.51. The molecule has 8 rings (SSSR count). The number of pyridine rings is 4. The third-order valence-corrected chi connectivity index (χ3v) is 10.4. The standard InChI is InChI=1S/2C26H26N3.Zn/c2*1-17(2)21-9-7-10-22(18(3)4)26(21)20-14-15-27-25(16-20)29-24-13-12-19-8-5-6-11-23(19)28-24;/h2*5-18H,1-4H3;/q2*-1;+2. The number of benzene rings is 4. The van der Waals surface area contributed by atoms with Gasteiger partial charge in [-0.15, -0.1) is 0 Å². The molecule has 0 saturated heterocycles. The Kier molecular flexibility index (Phi) is 14.0. The minimum atomic E-state index is 0. The Morgan fingerprint density at radius 1 is 0.407 bits per heavy atom. The van der Waals surface area contributed by atoms with E-state index in [1.807, 2.05) is 60.9 Å². The molecule has 0 aliphatic carbocycles. The Bertz CT molecular complexity index is 2580. The first kappa shape index (κ1) is 42.8. The van der Waals surface area contributed by atoms with Gasteiger partial charge in [0.05, 0.1) is 22.7 Å². The molecule has 0 spiro atoms.